The molecule has 10 aromatic carbocycles. The predicted molar refractivity (Wildman–Crippen MR) is 424 cm³/mol. The zero-order valence-electron chi connectivity index (χ0n) is 60.7. The minimum Gasteiger partial charge on any atom is -0.384 e. The average Bonchev–Trinajstić information content (AvgIpc) is 1.59. The normalized spacial score (nSPS) is 11.0. The first-order valence-electron chi connectivity index (χ1n) is 35.1. The van der Waals surface area contributed by atoms with Crippen LogP contribution in [0.1, 0.15) is 70.7 Å². The summed E-state index contributed by atoms with van der Waals surface area (Å²) >= 11 is 5.71. The van der Waals surface area contributed by atoms with E-state index in [0.29, 0.717) is 55.1 Å². The fraction of sp³-hybridized carbons (Fsp3) is 0.0330. The van der Waals surface area contributed by atoms with E-state index in [0.717, 1.165) is 94.5 Å². The van der Waals surface area contributed by atoms with Crippen molar-refractivity contribution in [1.29, 1.82) is 5.26 Å². The molecule has 115 heavy (non-hydrogen) atoms. The molecule has 18 rings (SSSR count). The molecule has 8 aromatic heterocycles. The summed E-state index contributed by atoms with van der Waals surface area (Å²) < 4.78 is 85.9. The summed E-state index contributed by atoms with van der Waals surface area (Å²) in [4.78, 5) is 51.8. The number of carbonyl (C=O) groups is 3. The van der Waals surface area contributed by atoms with Crippen LogP contribution in [0, 0.1) is 46.2 Å². The van der Waals surface area contributed by atoms with Crippen LogP contribution in [0.25, 0.3) is 87.4 Å². The fourth-order valence-electron chi connectivity index (χ4n) is 12.6. The van der Waals surface area contributed by atoms with Gasteiger partial charge in [-0.25, -0.2) is 31.9 Å². The van der Waals surface area contributed by atoms with Gasteiger partial charge < -0.3 is 5.11 Å². The number of benzene rings is 10. The number of nitrogens with zero attached hydrogens (tertiary/aromatic N) is 11. The predicted octanol–water partition coefficient (Wildman–Crippen LogP) is 18.6. The molecular formula is C91H62ClF6N11O6+2. The number of nitriles is 1. The highest BCUT2D eigenvalue weighted by Gasteiger charge is 2.22. The van der Waals surface area contributed by atoms with Crippen LogP contribution in [0.3, 0.4) is 0 Å². The van der Waals surface area contributed by atoms with Gasteiger partial charge in [0.15, 0.2) is 34.7 Å². The molecule has 0 aliphatic heterocycles. The Morgan fingerprint density at radius 3 is 1.42 bits per heavy atom. The lowest BCUT2D eigenvalue weighted by Gasteiger charge is -2.12. The van der Waals surface area contributed by atoms with Gasteiger partial charge in [-0.05, 0) is 121 Å². The highest BCUT2D eigenvalue weighted by atomic mass is 35.5. The number of aryl methyl sites for hydroxylation is 2. The molecule has 24 heteroatoms. The first kappa shape index (κ1) is 78.1. The third-order valence-electron chi connectivity index (χ3n) is 18.3. The van der Waals surface area contributed by atoms with Gasteiger partial charge in [0, 0.05) is 98.4 Å². The number of halogens is 7. The third kappa shape index (κ3) is 18.2. The number of carbonyl (C=O) groups excluding carboxylic acids is 3. The molecular weight excluding hydrogens is 1490 g/mol. The van der Waals surface area contributed by atoms with E-state index >= 15 is 0 Å². The Labute approximate surface area is 656 Å². The number of hydrogen-bond acceptors (Lipinski definition) is 13. The van der Waals surface area contributed by atoms with E-state index in [2.05, 4.69) is 30.1 Å². The number of fused-ring (bicyclic) bond motifs is 6. The molecule has 8 heterocycles. The smallest absolute Gasteiger partial charge is 0.258 e. The lowest BCUT2D eigenvalue weighted by atomic mass is 9.99. The summed E-state index contributed by atoms with van der Waals surface area (Å²) in [6.45, 7) is 0. The Morgan fingerprint density at radius 2 is 0.896 bits per heavy atom. The van der Waals surface area contributed by atoms with Gasteiger partial charge in [-0.3, -0.25) is 44.1 Å². The Bertz CT molecular complexity index is 6760. The molecule has 1 atom stereocenters. The Morgan fingerprint density at radius 1 is 0.435 bits per heavy atom. The summed E-state index contributed by atoms with van der Waals surface area (Å²) in [7, 11) is 3.53. The van der Waals surface area contributed by atoms with Gasteiger partial charge in [0.1, 0.15) is 57.2 Å². The van der Waals surface area contributed by atoms with E-state index in [1.54, 1.807) is 103 Å². The van der Waals surface area contributed by atoms with Crippen molar-refractivity contribution < 1.29 is 65.7 Å². The number of aliphatic hydroxyl groups is 1. The largest absolute Gasteiger partial charge is 0.384 e. The number of rotatable bonds is 10. The molecule has 1 unspecified atom stereocenters. The lowest BCUT2D eigenvalue weighted by molar-refractivity contribution is -0.905. The SMILES string of the molecule is Cn1nc(-c2cccc(F)c2)c2cc[n+](O)cc21.Cn1nc(-c2cccc(F)c2)c2ccnc(C#N)c21.O=C(c1ccc2ccccc2c1)c1cc(Cl)ncc1F.O=C(c1ccc2ccccc2c1)c1cc[n+](O)cc1F.O=C(c1ccc2ccccc2c1)c1ccncc1F.OC(c1ccc2ccccc2c1)c1ccncc1F. The van der Waals surface area contributed by atoms with Crippen molar-refractivity contribution in [2.75, 3.05) is 0 Å². The van der Waals surface area contributed by atoms with Crippen molar-refractivity contribution in [2.24, 2.45) is 14.1 Å². The van der Waals surface area contributed by atoms with Crippen molar-refractivity contribution in [1.82, 2.24) is 39.5 Å². The van der Waals surface area contributed by atoms with Crippen molar-refractivity contribution in [3.63, 3.8) is 0 Å². The molecule has 0 amide bonds. The summed E-state index contributed by atoms with van der Waals surface area (Å²) in [5.41, 5.74) is 6.64. The first-order chi connectivity index (χ1) is 55.7. The van der Waals surface area contributed by atoms with Gasteiger partial charge >= 0.3 is 0 Å². The Balaban J connectivity index is 0.000000120. The van der Waals surface area contributed by atoms with Gasteiger partial charge in [0.25, 0.3) is 6.20 Å². The number of aromatic nitrogens is 10. The van der Waals surface area contributed by atoms with Crippen LogP contribution in [-0.4, -0.2) is 72.4 Å². The molecule has 0 radical (unpaired) electrons. The molecule has 0 fully saturated rings. The Hall–Kier alpha value is -15.0. The van der Waals surface area contributed by atoms with E-state index in [4.69, 9.17) is 22.1 Å². The van der Waals surface area contributed by atoms with Crippen LogP contribution in [-0.2, 0) is 14.1 Å². The van der Waals surface area contributed by atoms with Crippen LogP contribution in [0.15, 0.2) is 317 Å². The summed E-state index contributed by atoms with van der Waals surface area (Å²) in [5.74, 6) is -4.27. The van der Waals surface area contributed by atoms with Crippen molar-refractivity contribution >= 4 is 93.8 Å². The molecule has 3 N–H and O–H groups in total. The van der Waals surface area contributed by atoms with Crippen molar-refractivity contribution in [2.45, 2.75) is 6.10 Å². The second-order valence-corrected chi connectivity index (χ2v) is 26.2. The van der Waals surface area contributed by atoms with Gasteiger partial charge in [0.05, 0.1) is 35.3 Å². The number of hydrogen-bond donors (Lipinski definition) is 3. The molecule has 0 spiro atoms. The first-order valence-corrected chi connectivity index (χ1v) is 35.5. The maximum Gasteiger partial charge on any atom is 0.258 e. The van der Waals surface area contributed by atoms with Gasteiger partial charge in [0.2, 0.25) is 24.4 Å². The molecule has 18 aromatic rings. The number of pyridine rings is 6. The molecule has 0 aliphatic carbocycles. The average molecular weight is 1560 g/mol. The van der Waals surface area contributed by atoms with Crippen LogP contribution >= 0.6 is 11.6 Å². The highest BCUT2D eigenvalue weighted by molar-refractivity contribution is 6.30. The van der Waals surface area contributed by atoms with Crippen LogP contribution in [0.2, 0.25) is 5.15 Å². The van der Waals surface area contributed by atoms with Gasteiger partial charge in [-0.2, -0.15) is 19.8 Å². The number of aliphatic hydroxyl groups excluding tert-OH is 1. The minimum atomic E-state index is -0.979. The molecule has 17 nitrogen and oxygen atoms in total. The molecule has 0 aliphatic rings. The van der Waals surface area contributed by atoms with E-state index < -0.39 is 40.9 Å². The van der Waals surface area contributed by atoms with E-state index in [9.17, 15) is 51.0 Å². The lowest BCUT2D eigenvalue weighted by Crippen LogP contribution is -2.30. The maximum absolute atomic E-state index is 13.7. The molecule has 0 saturated carbocycles. The molecule has 0 saturated heterocycles. The van der Waals surface area contributed by atoms with E-state index in [1.807, 2.05) is 146 Å². The monoisotopic (exact) mass is 1550 g/mol. The topological polar surface area (TPSA) is 231 Å². The Kier molecular flexibility index (Phi) is 24.0. The fourth-order valence-corrected chi connectivity index (χ4v) is 12.8. The standard InChI is InChI=1S/C16H9ClFNO.C16H11FNO2.C16H12FNO.C16H10FNO.C14H9FN4.C13H11FN3O/c17-15-8-13(14(18)9-19-15)16(20)12-6-5-10-3-1-2-4-11(10)7-12;17-15-10-18(20)8-7-14(15)16(19)13-6-5-11-3-1-2-4-12(11)9-13;2*17-15-10-18-8-7-14(15)16(19)13-6-5-11-3-1-2-4-12(11)9-13;1-19-14-11(5-6-17-12(14)8-16)13(18-19)9-3-2-4-10(15)7-9;1-16-12-8-17(18)6-5-11(12)13(15-16)9-3-2-4-10(14)7-9/h1-9H;1-10,20H;1-10,16,19H;1-10H;2-7H,1H3;2-8,18H,1H3/q;+1;;;;+1. The van der Waals surface area contributed by atoms with Crippen molar-refractivity contribution in [3.8, 4) is 28.6 Å². The highest BCUT2D eigenvalue weighted by Crippen LogP contribution is 2.32. The second-order valence-electron chi connectivity index (χ2n) is 25.8. The molecule has 0 bridgehead atoms. The van der Waals surface area contributed by atoms with Gasteiger partial charge in [-0.15, -0.1) is 0 Å². The van der Waals surface area contributed by atoms with Crippen LogP contribution in [0.4, 0.5) is 26.3 Å². The third-order valence-corrected chi connectivity index (χ3v) is 18.5. The van der Waals surface area contributed by atoms with Crippen LogP contribution in [0.5, 0.6) is 0 Å². The zero-order chi connectivity index (χ0) is 80.8. The maximum atomic E-state index is 13.7. The second kappa shape index (κ2) is 35.4. The quantitative estimate of drug-likeness (QED) is 0.0381. The molecule has 564 valence electrons. The van der Waals surface area contributed by atoms with E-state index in [1.165, 1.54) is 73.3 Å². The van der Waals surface area contributed by atoms with Gasteiger partial charge in [-0.1, -0.05) is 181 Å². The van der Waals surface area contributed by atoms with E-state index in [-0.39, 0.29) is 44.8 Å². The zero-order valence-corrected chi connectivity index (χ0v) is 61.5. The van der Waals surface area contributed by atoms with Crippen molar-refractivity contribution in [3.05, 3.63) is 407 Å². The van der Waals surface area contributed by atoms with Crippen LogP contribution < -0.4 is 9.46 Å². The minimum absolute atomic E-state index is 0.0466. The summed E-state index contributed by atoms with van der Waals surface area (Å²) in [5, 5.41) is 56.3. The number of ketones is 3. The summed E-state index contributed by atoms with van der Waals surface area (Å²) in [6.07, 6.45) is 11.7. The summed E-state index contributed by atoms with van der Waals surface area (Å²) in [6, 6.07) is 75.9.